The fraction of sp³-hybridized carbons (Fsp3) is 0.222. The summed E-state index contributed by atoms with van der Waals surface area (Å²) in [6, 6.07) is 4.09. The van der Waals surface area contributed by atoms with Crippen molar-refractivity contribution in [2.75, 3.05) is 9.80 Å². The van der Waals surface area contributed by atoms with Crippen LogP contribution in [0.3, 0.4) is 0 Å². The van der Waals surface area contributed by atoms with Gasteiger partial charge in [-0.25, -0.2) is 24.7 Å². The Kier molecular flexibility index (Phi) is 6.34. The number of aromatic nitrogens is 4. The number of amides is 4. The Bertz CT molecular complexity index is 1670. The highest BCUT2D eigenvalue weighted by Crippen LogP contribution is 2.50. The zero-order valence-electron chi connectivity index (χ0n) is 21.4. The van der Waals surface area contributed by atoms with Crippen molar-refractivity contribution in [3.63, 3.8) is 0 Å². The van der Waals surface area contributed by atoms with Crippen LogP contribution >= 0.6 is 11.3 Å². The molecule has 1 fully saturated rings. The van der Waals surface area contributed by atoms with E-state index in [0.717, 1.165) is 17.8 Å². The Morgan fingerprint density at radius 2 is 1.98 bits per heavy atom. The van der Waals surface area contributed by atoms with Crippen LogP contribution in [0.25, 0.3) is 10.2 Å². The summed E-state index contributed by atoms with van der Waals surface area (Å²) in [5.74, 6) is -0.713. The fourth-order valence-electron chi connectivity index (χ4n) is 5.33. The number of hydrogen-bond acceptors (Lipinski definition) is 9. The largest absolute Gasteiger partial charge is 0.405 e. The van der Waals surface area contributed by atoms with Crippen LogP contribution in [0.15, 0.2) is 55.6 Å². The van der Waals surface area contributed by atoms with Crippen LogP contribution in [-0.4, -0.2) is 49.9 Å². The fourth-order valence-corrected chi connectivity index (χ4v) is 6.33. The van der Waals surface area contributed by atoms with Gasteiger partial charge in [0.25, 0.3) is 5.91 Å². The van der Waals surface area contributed by atoms with Crippen molar-refractivity contribution in [2.45, 2.75) is 38.3 Å². The molecule has 4 aromatic rings. The number of nitrogens with two attached hydrogens (primary N) is 1. The van der Waals surface area contributed by atoms with E-state index < -0.39 is 18.0 Å². The standard InChI is InChI=1S/C27H24N8O4S/c1-3-19(36)33-15-6-4-7-16(15)35-22-21-17(8-11-29-25(21)40-23(22)24(28)37)34(27(35)38)18-13-32-20(12-14(18)2)39-26-30-9-5-10-31-26/h3,5,8-13,15-16H,1,4,6-7H2,2H3,(H2,28,37)(H,33,36)/t15-,16+/m0/s1. The van der Waals surface area contributed by atoms with Gasteiger partial charge in [0.15, 0.2) is 0 Å². The van der Waals surface area contributed by atoms with E-state index in [2.05, 4.69) is 31.8 Å². The van der Waals surface area contributed by atoms with Gasteiger partial charge >= 0.3 is 12.0 Å². The van der Waals surface area contributed by atoms with Gasteiger partial charge in [-0.3, -0.25) is 19.4 Å². The first-order valence-electron chi connectivity index (χ1n) is 12.6. The maximum Gasteiger partial charge on any atom is 0.334 e. The molecule has 6 rings (SSSR count). The van der Waals surface area contributed by atoms with Gasteiger partial charge in [0.05, 0.1) is 40.7 Å². The molecule has 12 nitrogen and oxygen atoms in total. The SMILES string of the molecule is C=CC(=O)N[C@H]1CCC[C@H]1N1C(=O)N(c2cnc(Oc3ncccn3)cc2C)c2ccnc3sc(C(N)=O)c1c23. The van der Waals surface area contributed by atoms with Gasteiger partial charge in [-0.1, -0.05) is 6.58 Å². The molecule has 202 valence electrons. The van der Waals surface area contributed by atoms with Gasteiger partial charge in [0.1, 0.15) is 9.71 Å². The minimum atomic E-state index is -0.651. The zero-order chi connectivity index (χ0) is 28.0. The number of rotatable bonds is 7. The molecule has 0 bridgehead atoms. The highest BCUT2D eigenvalue weighted by molar-refractivity contribution is 7.21. The third-order valence-electron chi connectivity index (χ3n) is 7.01. The van der Waals surface area contributed by atoms with E-state index in [1.165, 1.54) is 6.08 Å². The number of hydrogen-bond donors (Lipinski definition) is 2. The smallest absolute Gasteiger partial charge is 0.334 e. The molecule has 0 saturated heterocycles. The number of ether oxygens (including phenoxy) is 1. The van der Waals surface area contributed by atoms with Crippen LogP contribution in [0, 0.1) is 6.92 Å². The predicted octanol–water partition coefficient (Wildman–Crippen LogP) is 3.98. The summed E-state index contributed by atoms with van der Waals surface area (Å²) in [7, 11) is 0. The number of urea groups is 1. The monoisotopic (exact) mass is 556 g/mol. The number of aryl methyl sites for hydroxylation is 1. The predicted molar refractivity (Wildman–Crippen MR) is 149 cm³/mol. The third kappa shape index (κ3) is 4.20. The number of carbonyl (C=O) groups is 3. The lowest BCUT2D eigenvalue weighted by Gasteiger charge is -2.41. The number of carbonyl (C=O) groups excluding carboxylic acids is 3. The van der Waals surface area contributed by atoms with Crippen molar-refractivity contribution in [2.24, 2.45) is 5.73 Å². The maximum atomic E-state index is 14.5. The second-order valence-electron chi connectivity index (χ2n) is 9.40. The molecule has 0 unspecified atom stereocenters. The molecule has 1 aliphatic carbocycles. The summed E-state index contributed by atoms with van der Waals surface area (Å²) in [5, 5.41) is 3.59. The topological polar surface area (TPSA) is 157 Å². The molecule has 0 spiro atoms. The molecule has 4 amide bonds. The van der Waals surface area contributed by atoms with Gasteiger partial charge < -0.3 is 15.8 Å². The van der Waals surface area contributed by atoms with Crippen LogP contribution in [0.4, 0.5) is 21.9 Å². The van der Waals surface area contributed by atoms with Crippen molar-refractivity contribution in [1.29, 1.82) is 0 Å². The van der Waals surface area contributed by atoms with Crippen LogP contribution in [0.1, 0.15) is 34.5 Å². The van der Waals surface area contributed by atoms with E-state index in [1.54, 1.807) is 52.8 Å². The first-order chi connectivity index (χ1) is 19.4. The van der Waals surface area contributed by atoms with E-state index in [0.29, 0.717) is 45.7 Å². The number of nitrogens with one attached hydrogen (secondary N) is 1. The van der Waals surface area contributed by atoms with E-state index in [4.69, 9.17) is 10.5 Å². The summed E-state index contributed by atoms with van der Waals surface area (Å²) in [5.41, 5.74) is 8.00. The van der Waals surface area contributed by atoms with Crippen LogP contribution in [0.2, 0.25) is 0 Å². The molecule has 3 N–H and O–H groups in total. The Morgan fingerprint density at radius 3 is 2.70 bits per heavy atom. The minimum absolute atomic E-state index is 0.147. The molecular formula is C27H24N8O4S. The van der Waals surface area contributed by atoms with Crippen LogP contribution in [-0.2, 0) is 4.79 Å². The van der Waals surface area contributed by atoms with E-state index in [9.17, 15) is 14.4 Å². The molecule has 13 heteroatoms. The molecule has 0 aromatic carbocycles. The normalized spacial score (nSPS) is 18.2. The Morgan fingerprint density at radius 1 is 1.18 bits per heavy atom. The quantitative estimate of drug-likeness (QED) is 0.324. The second kappa shape index (κ2) is 10.0. The molecular weight excluding hydrogens is 532 g/mol. The molecule has 4 aromatic heterocycles. The van der Waals surface area contributed by atoms with E-state index in [1.807, 2.05) is 6.92 Å². The van der Waals surface area contributed by atoms with Gasteiger partial charge in [0.2, 0.25) is 11.8 Å². The van der Waals surface area contributed by atoms with Crippen molar-refractivity contribution in [3.8, 4) is 11.9 Å². The third-order valence-corrected chi connectivity index (χ3v) is 8.11. The van der Waals surface area contributed by atoms with Crippen LogP contribution < -0.4 is 25.6 Å². The summed E-state index contributed by atoms with van der Waals surface area (Å²) >= 11 is 1.14. The Balaban J connectivity index is 1.49. The lowest BCUT2D eigenvalue weighted by molar-refractivity contribution is -0.117. The lowest BCUT2D eigenvalue weighted by atomic mass is 10.0. The van der Waals surface area contributed by atoms with Crippen molar-refractivity contribution < 1.29 is 19.1 Å². The summed E-state index contributed by atoms with van der Waals surface area (Å²) in [6.07, 6.45) is 9.54. The number of pyridine rings is 2. The van der Waals surface area contributed by atoms with Gasteiger partial charge in [-0.2, -0.15) is 0 Å². The molecule has 1 aliphatic heterocycles. The minimum Gasteiger partial charge on any atom is -0.405 e. The second-order valence-corrected chi connectivity index (χ2v) is 10.4. The molecule has 5 heterocycles. The number of nitrogens with zero attached hydrogens (tertiary/aromatic N) is 6. The molecule has 2 atom stereocenters. The first kappa shape index (κ1) is 25.4. The first-order valence-corrected chi connectivity index (χ1v) is 13.4. The van der Waals surface area contributed by atoms with Gasteiger partial charge in [-0.05, 0) is 50.0 Å². The molecule has 40 heavy (non-hydrogen) atoms. The number of thiophene rings is 1. The van der Waals surface area contributed by atoms with Gasteiger partial charge in [-0.15, -0.1) is 11.3 Å². The van der Waals surface area contributed by atoms with Crippen molar-refractivity contribution >= 4 is 56.5 Å². The Labute approximate surface area is 232 Å². The van der Waals surface area contributed by atoms with Crippen molar-refractivity contribution in [1.82, 2.24) is 25.3 Å². The summed E-state index contributed by atoms with van der Waals surface area (Å²) < 4.78 is 5.68. The molecule has 2 aliphatic rings. The average Bonchev–Trinajstić information content (AvgIpc) is 3.56. The van der Waals surface area contributed by atoms with Gasteiger partial charge in [0, 0.05) is 24.7 Å². The molecule has 0 radical (unpaired) electrons. The molecule has 1 saturated carbocycles. The number of primary amides is 1. The highest BCUT2D eigenvalue weighted by Gasteiger charge is 2.45. The summed E-state index contributed by atoms with van der Waals surface area (Å²) in [6.45, 7) is 5.39. The zero-order valence-corrected chi connectivity index (χ0v) is 22.2. The summed E-state index contributed by atoms with van der Waals surface area (Å²) in [4.78, 5) is 60.3. The average molecular weight is 557 g/mol. The van der Waals surface area contributed by atoms with Crippen molar-refractivity contribution in [3.05, 3.63) is 66.1 Å². The van der Waals surface area contributed by atoms with Crippen LogP contribution in [0.5, 0.6) is 11.9 Å². The van der Waals surface area contributed by atoms with E-state index >= 15 is 0 Å². The van der Waals surface area contributed by atoms with E-state index in [-0.39, 0.29) is 28.7 Å². The Hall–Kier alpha value is -4.91. The maximum absolute atomic E-state index is 14.5. The highest BCUT2D eigenvalue weighted by atomic mass is 32.1. The lowest BCUT2D eigenvalue weighted by Crippen LogP contribution is -2.55. The number of anilines is 3.